The number of aliphatic hydroxyl groups is 1. The highest BCUT2D eigenvalue weighted by atomic mass is 16.5. The average molecular weight is 221 g/mol. The van der Waals surface area contributed by atoms with Crippen molar-refractivity contribution in [3.63, 3.8) is 0 Å². The molecule has 0 fully saturated rings. The maximum Gasteiger partial charge on any atom is 0.118 e. The molecule has 0 bridgehead atoms. The first-order valence-corrected chi connectivity index (χ1v) is 5.09. The Balaban J connectivity index is 2.85. The van der Waals surface area contributed by atoms with Crippen molar-refractivity contribution in [3.8, 4) is 5.75 Å². The fourth-order valence-electron chi connectivity index (χ4n) is 1.46. The van der Waals surface area contributed by atoms with Crippen LogP contribution in [0.5, 0.6) is 5.75 Å². The molecule has 86 valence electrons. The van der Waals surface area contributed by atoms with Gasteiger partial charge in [-0.2, -0.15) is 0 Å². The summed E-state index contributed by atoms with van der Waals surface area (Å²) in [5, 5.41) is 13.5. The molecule has 0 amide bonds. The van der Waals surface area contributed by atoms with Crippen molar-refractivity contribution in [2.45, 2.75) is 25.5 Å². The zero-order valence-electron chi connectivity index (χ0n) is 9.37. The molecule has 0 saturated carbocycles. The number of ether oxygens (including phenoxy) is 1. The van der Waals surface area contributed by atoms with Gasteiger partial charge in [-0.15, -0.1) is 0 Å². The van der Waals surface area contributed by atoms with Crippen molar-refractivity contribution < 1.29 is 9.84 Å². The van der Waals surface area contributed by atoms with E-state index in [2.05, 4.69) is 10.0 Å². The van der Waals surface area contributed by atoms with E-state index in [1.807, 2.05) is 6.92 Å². The van der Waals surface area contributed by atoms with Gasteiger partial charge in [-0.25, -0.2) is 0 Å². The van der Waals surface area contributed by atoms with Crippen LogP contribution in [0.3, 0.4) is 0 Å². The van der Waals surface area contributed by atoms with E-state index < -0.39 is 12.1 Å². The van der Waals surface area contributed by atoms with Crippen molar-refractivity contribution in [2.75, 3.05) is 7.11 Å². The second-order valence-corrected chi connectivity index (χ2v) is 3.40. The average Bonchev–Trinajstić information content (AvgIpc) is 2.35. The molecule has 0 unspecified atom stereocenters. The number of aliphatic hydroxyl groups excluding tert-OH is 1. The Morgan fingerprint density at radius 3 is 2.50 bits per heavy atom. The van der Waals surface area contributed by atoms with Gasteiger partial charge in [0, 0.05) is 4.91 Å². The molecule has 0 aromatic heterocycles. The highest BCUT2D eigenvalue weighted by Crippen LogP contribution is 2.23. The third-order valence-electron chi connectivity index (χ3n) is 2.44. The fourth-order valence-corrected chi connectivity index (χ4v) is 1.46. The first kappa shape index (κ1) is 12.4. The molecule has 0 heterocycles. The van der Waals surface area contributed by atoms with Crippen molar-refractivity contribution in [1.82, 2.24) is 0 Å². The van der Waals surface area contributed by atoms with Gasteiger partial charge in [0.05, 0.1) is 19.3 Å². The van der Waals surface area contributed by atoms with Crippen LogP contribution in [-0.4, -0.2) is 18.3 Å². The third kappa shape index (κ3) is 2.89. The maximum atomic E-state index is 9.97. The Morgan fingerprint density at radius 2 is 2.06 bits per heavy atom. The number of methoxy groups -OCH3 is 1. The summed E-state index contributed by atoms with van der Waals surface area (Å²) in [4.78, 5) is 2.73. The summed E-state index contributed by atoms with van der Waals surface area (Å²) < 4.78 is 5.02. The molecular formula is C11H15N3O2. The normalized spacial score (nSPS) is 13.7. The molecule has 5 nitrogen and oxygen atoms in total. The van der Waals surface area contributed by atoms with Crippen LogP contribution >= 0.6 is 0 Å². The van der Waals surface area contributed by atoms with Crippen molar-refractivity contribution in [2.24, 2.45) is 5.11 Å². The van der Waals surface area contributed by atoms with Gasteiger partial charge in [-0.1, -0.05) is 24.2 Å². The summed E-state index contributed by atoms with van der Waals surface area (Å²) in [7, 11) is 1.58. The Hall–Kier alpha value is -1.71. The Kier molecular flexibility index (Phi) is 4.64. The number of benzene rings is 1. The predicted molar refractivity (Wildman–Crippen MR) is 61.2 cm³/mol. The lowest BCUT2D eigenvalue weighted by molar-refractivity contribution is 0.144. The summed E-state index contributed by atoms with van der Waals surface area (Å²) >= 11 is 0. The predicted octanol–water partition coefficient (Wildman–Crippen LogP) is 2.82. The summed E-state index contributed by atoms with van der Waals surface area (Å²) in [6.45, 7) is 1.87. The molecule has 0 aliphatic heterocycles. The molecule has 16 heavy (non-hydrogen) atoms. The van der Waals surface area contributed by atoms with Crippen molar-refractivity contribution in [1.29, 1.82) is 0 Å². The monoisotopic (exact) mass is 221 g/mol. The minimum absolute atomic E-state index is 0.432. The van der Waals surface area contributed by atoms with E-state index >= 15 is 0 Å². The summed E-state index contributed by atoms with van der Waals surface area (Å²) in [6.07, 6.45) is -0.177. The van der Waals surface area contributed by atoms with Crippen LogP contribution in [0.15, 0.2) is 29.4 Å². The second-order valence-electron chi connectivity index (χ2n) is 3.40. The van der Waals surface area contributed by atoms with E-state index in [0.717, 1.165) is 11.3 Å². The van der Waals surface area contributed by atoms with E-state index in [4.69, 9.17) is 10.3 Å². The van der Waals surface area contributed by atoms with E-state index in [9.17, 15) is 5.11 Å². The molecule has 1 aromatic carbocycles. The molecule has 0 aliphatic carbocycles. The maximum absolute atomic E-state index is 9.97. The Bertz CT molecular complexity index is 371. The standard InChI is InChI=1S/C11H15N3O2/c1-3-10(13-14-12)11(15)8-4-6-9(16-2)7-5-8/h4-7,10-11,15H,3H2,1-2H3/t10-,11+/m0/s1. The highest BCUT2D eigenvalue weighted by Gasteiger charge is 2.17. The van der Waals surface area contributed by atoms with Gasteiger partial charge in [-0.3, -0.25) is 0 Å². The van der Waals surface area contributed by atoms with Gasteiger partial charge >= 0.3 is 0 Å². The minimum Gasteiger partial charge on any atom is -0.497 e. The van der Waals surface area contributed by atoms with Crippen molar-refractivity contribution in [3.05, 3.63) is 40.3 Å². The van der Waals surface area contributed by atoms with E-state index in [-0.39, 0.29) is 0 Å². The van der Waals surface area contributed by atoms with Crippen LogP contribution in [0.1, 0.15) is 25.0 Å². The van der Waals surface area contributed by atoms with E-state index in [0.29, 0.717) is 6.42 Å². The number of azide groups is 1. The Labute approximate surface area is 94.3 Å². The number of rotatable bonds is 5. The van der Waals surface area contributed by atoms with Gasteiger partial charge in [0.25, 0.3) is 0 Å². The van der Waals surface area contributed by atoms with Gasteiger partial charge in [-0.05, 0) is 29.6 Å². The summed E-state index contributed by atoms with van der Waals surface area (Å²) in [6, 6.07) is 6.62. The van der Waals surface area contributed by atoms with Crippen LogP contribution in [0, 0.1) is 0 Å². The number of hydrogen-bond donors (Lipinski definition) is 1. The fraction of sp³-hybridized carbons (Fsp3) is 0.455. The van der Waals surface area contributed by atoms with Gasteiger partial charge in [0.15, 0.2) is 0 Å². The van der Waals surface area contributed by atoms with Gasteiger partial charge in [0.2, 0.25) is 0 Å². The molecule has 0 aliphatic rings. The molecule has 5 heteroatoms. The first-order valence-electron chi connectivity index (χ1n) is 5.09. The van der Waals surface area contributed by atoms with Gasteiger partial charge in [0.1, 0.15) is 5.75 Å². The lowest BCUT2D eigenvalue weighted by Crippen LogP contribution is -2.14. The molecule has 0 spiro atoms. The van der Waals surface area contributed by atoms with Crippen LogP contribution in [0.25, 0.3) is 10.4 Å². The molecule has 0 radical (unpaired) electrons. The first-order chi connectivity index (χ1) is 7.72. The zero-order chi connectivity index (χ0) is 12.0. The third-order valence-corrected chi connectivity index (χ3v) is 2.44. The molecular weight excluding hydrogens is 206 g/mol. The van der Waals surface area contributed by atoms with E-state index in [1.54, 1.807) is 31.4 Å². The summed E-state index contributed by atoms with van der Waals surface area (Å²) in [5.41, 5.74) is 9.10. The summed E-state index contributed by atoms with van der Waals surface area (Å²) in [5.74, 6) is 0.729. The largest absolute Gasteiger partial charge is 0.497 e. The topological polar surface area (TPSA) is 78.2 Å². The SMILES string of the molecule is CC[C@H](N=[N+]=[N-])[C@H](O)c1ccc(OC)cc1. The molecule has 1 N–H and O–H groups in total. The van der Waals surface area contributed by atoms with Crippen LogP contribution in [0.4, 0.5) is 0 Å². The minimum atomic E-state index is -0.771. The van der Waals surface area contributed by atoms with Crippen LogP contribution < -0.4 is 4.74 Å². The lowest BCUT2D eigenvalue weighted by Gasteiger charge is -2.17. The van der Waals surface area contributed by atoms with E-state index in [1.165, 1.54) is 0 Å². The quantitative estimate of drug-likeness (QED) is 0.471. The smallest absolute Gasteiger partial charge is 0.118 e. The molecule has 2 atom stereocenters. The second kappa shape index (κ2) is 6.00. The van der Waals surface area contributed by atoms with Gasteiger partial charge < -0.3 is 9.84 Å². The Morgan fingerprint density at radius 1 is 1.44 bits per heavy atom. The number of nitrogens with zero attached hydrogens (tertiary/aromatic N) is 3. The molecule has 1 aromatic rings. The molecule has 1 rings (SSSR count). The lowest BCUT2D eigenvalue weighted by atomic mass is 10.0. The van der Waals surface area contributed by atoms with Crippen LogP contribution in [0.2, 0.25) is 0 Å². The molecule has 0 saturated heterocycles. The highest BCUT2D eigenvalue weighted by molar-refractivity contribution is 5.29. The van der Waals surface area contributed by atoms with Crippen molar-refractivity contribution >= 4 is 0 Å². The number of hydrogen-bond acceptors (Lipinski definition) is 3. The zero-order valence-corrected chi connectivity index (χ0v) is 9.37. The van der Waals surface area contributed by atoms with Crippen LogP contribution in [-0.2, 0) is 0 Å².